The molecule has 0 unspecified atom stereocenters. The fourth-order valence-electron chi connectivity index (χ4n) is 3.22. The molecule has 2 heterocycles. The molecule has 1 aromatic heterocycles. The van der Waals surface area contributed by atoms with Gasteiger partial charge in [-0.15, -0.1) is 0 Å². The fraction of sp³-hybridized carbons (Fsp3) is 0.250. The molecule has 0 saturated carbocycles. The van der Waals surface area contributed by atoms with Gasteiger partial charge in [-0.05, 0) is 37.6 Å². The van der Waals surface area contributed by atoms with E-state index in [1.165, 1.54) is 11.1 Å². The van der Waals surface area contributed by atoms with E-state index in [0.717, 1.165) is 47.2 Å². The molecule has 0 atom stereocenters. The van der Waals surface area contributed by atoms with Crippen molar-refractivity contribution in [3.8, 4) is 28.4 Å². The predicted octanol–water partition coefficient (Wildman–Crippen LogP) is 3.83. The highest BCUT2D eigenvalue weighted by Crippen LogP contribution is 2.37. The summed E-state index contributed by atoms with van der Waals surface area (Å²) in [6.45, 7) is 3.01. The number of anilines is 1. The molecule has 5 heteroatoms. The molecule has 1 N–H and O–H groups in total. The highest BCUT2D eigenvalue weighted by Gasteiger charge is 2.24. The number of nitrogens with zero attached hydrogens (tertiary/aromatic N) is 2. The van der Waals surface area contributed by atoms with Crippen molar-refractivity contribution in [3.63, 3.8) is 0 Å². The molecule has 3 aromatic rings. The van der Waals surface area contributed by atoms with Crippen LogP contribution in [0.4, 0.5) is 5.82 Å². The van der Waals surface area contributed by atoms with Crippen LogP contribution in [0.2, 0.25) is 0 Å². The molecule has 0 bridgehead atoms. The highest BCUT2D eigenvalue weighted by atomic mass is 16.5. The number of aryl methyl sites for hydroxylation is 1. The molecular weight excluding hydrogens is 314 g/mol. The Morgan fingerprint density at radius 3 is 2.32 bits per heavy atom. The molecule has 0 amide bonds. The van der Waals surface area contributed by atoms with Gasteiger partial charge in [0.1, 0.15) is 17.3 Å². The van der Waals surface area contributed by atoms with Crippen molar-refractivity contribution in [2.45, 2.75) is 13.3 Å². The zero-order valence-corrected chi connectivity index (χ0v) is 14.7. The van der Waals surface area contributed by atoms with Gasteiger partial charge in [0.25, 0.3) is 0 Å². The van der Waals surface area contributed by atoms with E-state index in [-0.39, 0.29) is 0 Å². The lowest BCUT2D eigenvalue weighted by molar-refractivity contribution is 0.394. The second-order valence-corrected chi connectivity index (χ2v) is 6.20. The smallest absolute Gasteiger partial charge is 0.133 e. The van der Waals surface area contributed by atoms with Crippen LogP contribution in [0.25, 0.3) is 16.9 Å². The average Bonchev–Trinajstić information content (AvgIpc) is 3.24. The summed E-state index contributed by atoms with van der Waals surface area (Å²) in [6, 6.07) is 14.3. The van der Waals surface area contributed by atoms with Crippen LogP contribution >= 0.6 is 0 Å². The topological polar surface area (TPSA) is 48.3 Å². The molecule has 5 nitrogen and oxygen atoms in total. The van der Waals surface area contributed by atoms with Crippen molar-refractivity contribution < 1.29 is 9.47 Å². The Bertz CT molecular complexity index is 891. The molecule has 0 fully saturated rings. The Labute approximate surface area is 147 Å². The zero-order chi connectivity index (χ0) is 17.4. The van der Waals surface area contributed by atoms with Gasteiger partial charge in [-0.3, -0.25) is 0 Å². The number of hydrogen-bond acceptors (Lipinski definition) is 4. The molecule has 1 aliphatic heterocycles. The van der Waals surface area contributed by atoms with Gasteiger partial charge in [-0.25, -0.2) is 4.68 Å². The standard InChI is InChI=1S/C20H21N3O2/c1-13-4-6-15(7-5-13)23-20-18(8-9-21-20)19(22-23)14-10-16(24-2)12-17(11-14)25-3/h4-7,10-12,21H,8-9H2,1-3H3. The van der Waals surface area contributed by atoms with Gasteiger partial charge in [0, 0.05) is 23.7 Å². The lowest BCUT2D eigenvalue weighted by Crippen LogP contribution is -2.04. The number of methoxy groups -OCH3 is 2. The first-order valence-electron chi connectivity index (χ1n) is 8.36. The van der Waals surface area contributed by atoms with E-state index in [9.17, 15) is 0 Å². The van der Waals surface area contributed by atoms with Crippen molar-refractivity contribution in [1.82, 2.24) is 9.78 Å². The number of benzene rings is 2. The first-order chi connectivity index (χ1) is 12.2. The maximum absolute atomic E-state index is 5.41. The SMILES string of the molecule is COc1cc(OC)cc(-c2nn(-c3ccc(C)cc3)c3c2CCN3)c1. The van der Waals surface area contributed by atoms with Crippen molar-refractivity contribution in [1.29, 1.82) is 0 Å². The Hall–Kier alpha value is -2.95. The number of nitrogens with one attached hydrogen (secondary N) is 1. The van der Waals surface area contributed by atoms with Crippen LogP contribution in [0, 0.1) is 6.92 Å². The lowest BCUT2D eigenvalue weighted by atomic mass is 10.1. The van der Waals surface area contributed by atoms with Crippen molar-refractivity contribution in [2.75, 3.05) is 26.1 Å². The second kappa shape index (κ2) is 6.16. The summed E-state index contributed by atoms with van der Waals surface area (Å²) >= 11 is 0. The summed E-state index contributed by atoms with van der Waals surface area (Å²) in [5.41, 5.74) is 5.49. The van der Waals surface area contributed by atoms with Crippen LogP contribution < -0.4 is 14.8 Å². The molecule has 2 aromatic carbocycles. The Morgan fingerprint density at radius 2 is 1.68 bits per heavy atom. The average molecular weight is 335 g/mol. The van der Waals surface area contributed by atoms with Crippen LogP contribution in [0.1, 0.15) is 11.1 Å². The van der Waals surface area contributed by atoms with Crippen molar-refractivity contribution in [2.24, 2.45) is 0 Å². The maximum Gasteiger partial charge on any atom is 0.133 e. The summed E-state index contributed by atoms with van der Waals surface area (Å²) in [5, 5.41) is 8.36. The van der Waals surface area contributed by atoms with Crippen LogP contribution in [-0.2, 0) is 6.42 Å². The molecule has 0 saturated heterocycles. The van der Waals surface area contributed by atoms with E-state index in [0.29, 0.717) is 0 Å². The summed E-state index contributed by atoms with van der Waals surface area (Å²) in [4.78, 5) is 0. The molecule has 1 aliphatic rings. The van der Waals surface area contributed by atoms with E-state index in [1.807, 2.05) is 22.9 Å². The minimum absolute atomic E-state index is 0.763. The number of fused-ring (bicyclic) bond motifs is 1. The molecule has 128 valence electrons. The number of hydrogen-bond donors (Lipinski definition) is 1. The third kappa shape index (κ3) is 2.71. The zero-order valence-electron chi connectivity index (χ0n) is 14.7. The molecule has 0 aliphatic carbocycles. The largest absolute Gasteiger partial charge is 0.497 e. The van der Waals surface area contributed by atoms with Gasteiger partial charge in [0.15, 0.2) is 0 Å². The Balaban J connectivity index is 1.87. The summed E-state index contributed by atoms with van der Waals surface area (Å²) in [7, 11) is 3.32. The van der Waals surface area contributed by atoms with Gasteiger partial charge in [-0.1, -0.05) is 17.7 Å². The normalized spacial score (nSPS) is 12.6. The molecular formula is C20H21N3O2. The molecule has 25 heavy (non-hydrogen) atoms. The van der Waals surface area contributed by atoms with Gasteiger partial charge in [0.05, 0.1) is 25.6 Å². The summed E-state index contributed by atoms with van der Waals surface area (Å²) in [6.07, 6.45) is 0.954. The van der Waals surface area contributed by atoms with Gasteiger partial charge in [0.2, 0.25) is 0 Å². The summed E-state index contributed by atoms with van der Waals surface area (Å²) in [5.74, 6) is 2.60. The molecule has 0 radical (unpaired) electrons. The van der Waals surface area contributed by atoms with Gasteiger partial charge in [-0.2, -0.15) is 5.10 Å². The first kappa shape index (κ1) is 15.6. The van der Waals surface area contributed by atoms with E-state index >= 15 is 0 Å². The molecule has 4 rings (SSSR count). The fourth-order valence-corrected chi connectivity index (χ4v) is 3.22. The molecule has 0 spiro atoms. The predicted molar refractivity (Wildman–Crippen MR) is 99.0 cm³/mol. The minimum atomic E-state index is 0.763. The third-order valence-corrected chi connectivity index (χ3v) is 4.55. The van der Waals surface area contributed by atoms with Crippen LogP contribution in [0.15, 0.2) is 42.5 Å². The second-order valence-electron chi connectivity index (χ2n) is 6.20. The monoisotopic (exact) mass is 335 g/mol. The van der Waals surface area contributed by atoms with Crippen molar-refractivity contribution in [3.05, 3.63) is 53.6 Å². The third-order valence-electron chi connectivity index (χ3n) is 4.55. The quantitative estimate of drug-likeness (QED) is 0.787. The van der Waals surface area contributed by atoms with E-state index in [2.05, 4.69) is 36.5 Å². The van der Waals surface area contributed by atoms with Crippen LogP contribution in [0.5, 0.6) is 11.5 Å². The van der Waals surface area contributed by atoms with Gasteiger partial charge >= 0.3 is 0 Å². The number of ether oxygens (including phenoxy) is 2. The van der Waals surface area contributed by atoms with Crippen LogP contribution in [0.3, 0.4) is 0 Å². The first-order valence-corrected chi connectivity index (χ1v) is 8.36. The maximum atomic E-state index is 5.41. The number of rotatable bonds is 4. The van der Waals surface area contributed by atoms with E-state index in [4.69, 9.17) is 14.6 Å². The highest BCUT2D eigenvalue weighted by molar-refractivity contribution is 5.74. The van der Waals surface area contributed by atoms with Crippen molar-refractivity contribution >= 4 is 5.82 Å². The number of aromatic nitrogens is 2. The van der Waals surface area contributed by atoms with E-state index in [1.54, 1.807) is 14.2 Å². The van der Waals surface area contributed by atoms with Crippen LogP contribution in [-0.4, -0.2) is 30.5 Å². The van der Waals surface area contributed by atoms with Gasteiger partial charge < -0.3 is 14.8 Å². The Kier molecular flexibility index (Phi) is 3.84. The summed E-state index contributed by atoms with van der Waals surface area (Å²) < 4.78 is 12.8. The Morgan fingerprint density at radius 1 is 1.00 bits per heavy atom. The minimum Gasteiger partial charge on any atom is -0.497 e. The lowest BCUT2D eigenvalue weighted by Gasteiger charge is -2.08. The van der Waals surface area contributed by atoms with E-state index < -0.39 is 0 Å².